The van der Waals surface area contributed by atoms with Crippen LogP contribution in [0, 0.1) is 5.82 Å². The average Bonchev–Trinajstić information content (AvgIpc) is 2.77. The van der Waals surface area contributed by atoms with Crippen molar-refractivity contribution in [2.75, 3.05) is 27.3 Å². The Morgan fingerprint density at radius 1 is 1.23 bits per heavy atom. The largest absolute Gasteiger partial charge is 0.493 e. The lowest BCUT2D eigenvalue weighted by Gasteiger charge is -2.38. The number of methoxy groups -OCH3 is 2. The van der Waals surface area contributed by atoms with E-state index < -0.39 is 0 Å². The van der Waals surface area contributed by atoms with E-state index in [4.69, 9.17) is 9.47 Å². The van der Waals surface area contributed by atoms with Gasteiger partial charge in [-0.05, 0) is 37.1 Å². The summed E-state index contributed by atoms with van der Waals surface area (Å²) in [4.78, 5) is 13.6. The Morgan fingerprint density at radius 3 is 2.61 bits per heavy atom. The first-order chi connectivity index (χ1) is 15.0. The molecule has 1 heterocycles. The molecular formula is C24H33FN3O3+. The van der Waals surface area contributed by atoms with E-state index in [-0.39, 0.29) is 23.9 Å². The second kappa shape index (κ2) is 10.5. The second-order valence-electron chi connectivity index (χ2n) is 8.00. The maximum absolute atomic E-state index is 14.4. The number of rotatable bonds is 8. The predicted octanol–water partition coefficient (Wildman–Crippen LogP) is 2.62. The summed E-state index contributed by atoms with van der Waals surface area (Å²) in [6.07, 6.45) is 1.71. The van der Waals surface area contributed by atoms with Crippen molar-refractivity contribution in [3.63, 3.8) is 0 Å². The number of quaternary nitrogens is 1. The van der Waals surface area contributed by atoms with Gasteiger partial charge >= 0.3 is 6.03 Å². The number of halogens is 1. The minimum absolute atomic E-state index is 0.0597. The Kier molecular flexibility index (Phi) is 7.74. The van der Waals surface area contributed by atoms with Gasteiger partial charge in [-0.1, -0.05) is 25.1 Å². The Bertz CT molecular complexity index is 906. The molecule has 2 aromatic rings. The molecule has 0 radical (unpaired) electrons. The van der Waals surface area contributed by atoms with E-state index in [1.165, 1.54) is 16.5 Å². The zero-order valence-corrected chi connectivity index (χ0v) is 18.8. The van der Waals surface area contributed by atoms with Crippen LogP contribution in [0.1, 0.15) is 43.0 Å². The molecule has 0 aromatic heterocycles. The first-order valence-electron chi connectivity index (χ1n) is 10.9. The molecule has 2 aromatic carbocycles. The van der Waals surface area contributed by atoms with Crippen LogP contribution >= 0.6 is 0 Å². The zero-order chi connectivity index (χ0) is 22.4. The summed E-state index contributed by atoms with van der Waals surface area (Å²) in [6, 6.07) is 10.5. The number of nitrogens with one attached hydrogen (secondary N) is 3. The van der Waals surface area contributed by atoms with Gasteiger partial charge in [0.2, 0.25) is 0 Å². The minimum Gasteiger partial charge on any atom is -0.493 e. The van der Waals surface area contributed by atoms with Crippen molar-refractivity contribution < 1.29 is 23.6 Å². The summed E-state index contributed by atoms with van der Waals surface area (Å²) >= 11 is 0. The Hall–Kier alpha value is -2.80. The molecule has 3 atom stereocenters. The molecule has 3 N–H and O–H groups in total. The molecule has 0 aliphatic carbocycles. The summed E-state index contributed by atoms with van der Waals surface area (Å²) in [6.45, 7) is 6.00. The van der Waals surface area contributed by atoms with Crippen molar-refractivity contribution in [2.24, 2.45) is 0 Å². The molecule has 0 bridgehead atoms. The quantitative estimate of drug-likeness (QED) is 0.603. The van der Waals surface area contributed by atoms with Crippen LogP contribution in [0.4, 0.5) is 9.18 Å². The van der Waals surface area contributed by atoms with Gasteiger partial charge in [-0.15, -0.1) is 0 Å². The maximum atomic E-state index is 14.4. The maximum Gasteiger partial charge on any atom is 0.315 e. The summed E-state index contributed by atoms with van der Waals surface area (Å²) in [5.41, 5.74) is 2.94. The minimum atomic E-state index is -0.201. The second-order valence-corrected chi connectivity index (χ2v) is 8.00. The highest BCUT2D eigenvalue weighted by Gasteiger charge is 2.37. The predicted molar refractivity (Wildman–Crippen MR) is 118 cm³/mol. The molecular weight excluding hydrogens is 397 g/mol. The monoisotopic (exact) mass is 430 g/mol. The third kappa shape index (κ3) is 5.28. The molecule has 0 fully saturated rings. The van der Waals surface area contributed by atoms with Gasteiger partial charge in [0.05, 0.1) is 26.8 Å². The lowest BCUT2D eigenvalue weighted by molar-refractivity contribution is -0.948. The smallest absolute Gasteiger partial charge is 0.315 e. The summed E-state index contributed by atoms with van der Waals surface area (Å²) in [5.74, 6) is 1.15. The van der Waals surface area contributed by atoms with E-state index >= 15 is 0 Å². The number of hydrogen-bond donors (Lipinski definition) is 3. The number of carbonyl (C=O) groups is 1. The number of hydrogen-bond acceptors (Lipinski definition) is 3. The normalized spacial score (nSPS) is 18.6. The fraction of sp³-hybridized carbons (Fsp3) is 0.458. The van der Waals surface area contributed by atoms with Crippen LogP contribution in [0.15, 0.2) is 36.4 Å². The fourth-order valence-corrected chi connectivity index (χ4v) is 4.40. The number of carbonyl (C=O) groups excluding carboxylic acids is 1. The number of urea groups is 1. The highest BCUT2D eigenvalue weighted by molar-refractivity contribution is 5.74. The molecule has 1 aliphatic rings. The first kappa shape index (κ1) is 22.9. The van der Waals surface area contributed by atoms with Crippen molar-refractivity contribution in [3.8, 4) is 11.5 Å². The standard InChI is InChI=1S/C24H32FN3O3/c1-5-11-26-24(29)27-16(2)23-19-14-22(31-4)21(30-3)13-17(19)10-12-28(23)15-18-8-6-7-9-20(18)25/h6-9,13-14,16,23H,5,10-12,15H2,1-4H3,(H2,26,27,29)/p+1/t16-,23-/m0/s1. The van der Waals surface area contributed by atoms with Crippen LogP contribution < -0.4 is 25.0 Å². The molecule has 3 rings (SSSR count). The first-order valence-corrected chi connectivity index (χ1v) is 10.9. The summed E-state index contributed by atoms with van der Waals surface area (Å²) in [7, 11) is 3.24. The van der Waals surface area contributed by atoms with Gasteiger partial charge in [-0.25, -0.2) is 9.18 Å². The van der Waals surface area contributed by atoms with Crippen molar-refractivity contribution in [1.29, 1.82) is 0 Å². The average molecular weight is 431 g/mol. The van der Waals surface area contributed by atoms with Crippen LogP contribution in [0.5, 0.6) is 11.5 Å². The fourth-order valence-electron chi connectivity index (χ4n) is 4.40. The lowest BCUT2D eigenvalue weighted by Crippen LogP contribution is -3.13. The van der Waals surface area contributed by atoms with Crippen LogP contribution in [0.25, 0.3) is 0 Å². The Morgan fingerprint density at radius 2 is 1.94 bits per heavy atom. The van der Waals surface area contributed by atoms with E-state index in [0.29, 0.717) is 30.2 Å². The van der Waals surface area contributed by atoms with Gasteiger partial charge in [0, 0.05) is 24.1 Å². The van der Waals surface area contributed by atoms with Crippen molar-refractivity contribution >= 4 is 6.03 Å². The molecule has 0 saturated heterocycles. The molecule has 1 unspecified atom stereocenters. The zero-order valence-electron chi connectivity index (χ0n) is 18.8. The molecule has 1 aliphatic heterocycles. The highest BCUT2D eigenvalue weighted by Crippen LogP contribution is 2.35. The van der Waals surface area contributed by atoms with Crippen molar-refractivity contribution in [1.82, 2.24) is 10.6 Å². The summed E-state index contributed by atoms with van der Waals surface area (Å²) in [5, 5.41) is 5.96. The Balaban J connectivity index is 1.95. The van der Waals surface area contributed by atoms with E-state index in [1.807, 2.05) is 38.1 Å². The topological polar surface area (TPSA) is 64.0 Å². The molecule has 0 spiro atoms. The van der Waals surface area contributed by atoms with Crippen molar-refractivity contribution in [3.05, 3.63) is 58.9 Å². The molecule has 6 nitrogen and oxygen atoms in total. The van der Waals surface area contributed by atoms with Crippen LogP contribution in [0.3, 0.4) is 0 Å². The van der Waals surface area contributed by atoms with Gasteiger partial charge < -0.3 is 25.0 Å². The highest BCUT2D eigenvalue weighted by atomic mass is 19.1. The third-order valence-electron chi connectivity index (χ3n) is 5.91. The molecule has 2 amide bonds. The van der Waals surface area contributed by atoms with E-state index in [2.05, 4.69) is 10.6 Å². The van der Waals surface area contributed by atoms with Gasteiger partial charge in [0.25, 0.3) is 0 Å². The molecule has 31 heavy (non-hydrogen) atoms. The van der Waals surface area contributed by atoms with E-state index in [9.17, 15) is 9.18 Å². The van der Waals surface area contributed by atoms with Gasteiger partial charge in [-0.2, -0.15) is 0 Å². The van der Waals surface area contributed by atoms with Crippen LogP contribution in [0.2, 0.25) is 0 Å². The number of fused-ring (bicyclic) bond motifs is 1. The van der Waals surface area contributed by atoms with Gasteiger partial charge in [0.15, 0.2) is 11.5 Å². The Labute approximate surface area is 183 Å². The number of amides is 2. The number of ether oxygens (including phenoxy) is 2. The summed E-state index contributed by atoms with van der Waals surface area (Å²) < 4.78 is 25.4. The SMILES string of the molecule is CCCNC(=O)N[C@@H](C)[C@H]1c2cc(OC)c(OC)cc2CC[NH+]1Cc1ccccc1F. The third-order valence-corrected chi connectivity index (χ3v) is 5.91. The van der Waals surface area contributed by atoms with Crippen molar-refractivity contribution in [2.45, 2.75) is 45.3 Å². The molecule has 168 valence electrons. The van der Waals surface area contributed by atoms with E-state index in [1.54, 1.807) is 20.3 Å². The number of benzene rings is 2. The molecule has 0 saturated carbocycles. The van der Waals surface area contributed by atoms with Crippen LogP contribution in [-0.2, 0) is 13.0 Å². The molecule has 7 heteroatoms. The lowest BCUT2D eigenvalue weighted by atomic mass is 9.87. The van der Waals surface area contributed by atoms with Gasteiger partial charge in [0.1, 0.15) is 18.4 Å². The van der Waals surface area contributed by atoms with E-state index in [0.717, 1.165) is 24.9 Å². The van der Waals surface area contributed by atoms with Gasteiger partial charge in [-0.3, -0.25) is 0 Å². The van der Waals surface area contributed by atoms with Crippen LogP contribution in [-0.4, -0.2) is 39.4 Å².